The first kappa shape index (κ1) is 28.4. The van der Waals surface area contributed by atoms with Gasteiger partial charge in [0.2, 0.25) is 15.9 Å². The summed E-state index contributed by atoms with van der Waals surface area (Å²) in [5.41, 5.74) is 1.46. The third-order valence-electron chi connectivity index (χ3n) is 6.13. The molecule has 0 unspecified atom stereocenters. The monoisotopic (exact) mass is 535 g/mol. The summed E-state index contributed by atoms with van der Waals surface area (Å²) >= 11 is 0. The SMILES string of the molecule is CCOC(=O)CCCC(=O)N1CCN(c2cc(S(=O)(=O)NCCc3ccc(F)cc3)ccc2OC)CC1. The fraction of sp³-hybridized carbons (Fsp3) is 0.462. The molecule has 1 aliphatic heterocycles. The number of sulfonamides is 1. The Labute approximate surface area is 217 Å². The van der Waals surface area contributed by atoms with Gasteiger partial charge < -0.3 is 19.3 Å². The van der Waals surface area contributed by atoms with Gasteiger partial charge in [0.05, 0.1) is 24.3 Å². The summed E-state index contributed by atoms with van der Waals surface area (Å²) in [6.07, 6.45) is 1.37. The van der Waals surface area contributed by atoms with Crippen LogP contribution in [0.4, 0.5) is 10.1 Å². The Kier molecular flexibility index (Phi) is 10.3. The Balaban J connectivity index is 1.58. The van der Waals surface area contributed by atoms with Crippen LogP contribution in [-0.2, 0) is 30.8 Å². The molecule has 1 fully saturated rings. The van der Waals surface area contributed by atoms with Gasteiger partial charge in [0.15, 0.2) is 0 Å². The third kappa shape index (κ3) is 8.16. The van der Waals surface area contributed by atoms with E-state index >= 15 is 0 Å². The van der Waals surface area contributed by atoms with Crippen LogP contribution in [0.3, 0.4) is 0 Å². The van der Waals surface area contributed by atoms with E-state index in [1.54, 1.807) is 36.1 Å². The third-order valence-corrected chi connectivity index (χ3v) is 7.59. The van der Waals surface area contributed by atoms with Crippen LogP contribution < -0.4 is 14.4 Å². The lowest BCUT2D eigenvalue weighted by Crippen LogP contribution is -2.48. The van der Waals surface area contributed by atoms with Gasteiger partial charge in [-0.05, 0) is 55.7 Å². The maximum absolute atomic E-state index is 13.1. The summed E-state index contributed by atoms with van der Waals surface area (Å²) in [6, 6.07) is 10.6. The molecule has 0 radical (unpaired) electrons. The van der Waals surface area contributed by atoms with Crippen LogP contribution in [0.25, 0.3) is 0 Å². The van der Waals surface area contributed by atoms with Crippen molar-refractivity contribution < 1.29 is 31.9 Å². The number of esters is 1. The van der Waals surface area contributed by atoms with Crippen LogP contribution in [0.15, 0.2) is 47.4 Å². The molecular weight excluding hydrogens is 501 g/mol. The van der Waals surface area contributed by atoms with Crippen molar-refractivity contribution >= 4 is 27.6 Å². The number of carbonyl (C=O) groups excluding carboxylic acids is 2. The van der Waals surface area contributed by atoms with Gasteiger partial charge in [0.1, 0.15) is 11.6 Å². The second-order valence-electron chi connectivity index (χ2n) is 8.63. The van der Waals surface area contributed by atoms with Crippen molar-refractivity contribution in [2.45, 2.75) is 37.5 Å². The molecule has 37 heavy (non-hydrogen) atoms. The summed E-state index contributed by atoms with van der Waals surface area (Å²) in [6.45, 7) is 4.24. The molecule has 3 rings (SSSR count). The molecule has 1 amide bonds. The van der Waals surface area contributed by atoms with Gasteiger partial charge in [-0.15, -0.1) is 0 Å². The maximum atomic E-state index is 13.1. The minimum absolute atomic E-state index is 0.0161. The highest BCUT2D eigenvalue weighted by atomic mass is 32.2. The average molecular weight is 536 g/mol. The molecule has 1 aliphatic rings. The molecule has 1 N–H and O–H groups in total. The first-order chi connectivity index (χ1) is 17.7. The zero-order valence-electron chi connectivity index (χ0n) is 21.2. The average Bonchev–Trinajstić information content (AvgIpc) is 2.89. The molecule has 11 heteroatoms. The number of nitrogens with zero attached hydrogens (tertiary/aromatic N) is 2. The van der Waals surface area contributed by atoms with E-state index in [4.69, 9.17) is 9.47 Å². The van der Waals surface area contributed by atoms with Gasteiger partial charge in [-0.25, -0.2) is 17.5 Å². The Morgan fingerprint density at radius 3 is 2.38 bits per heavy atom. The Bertz CT molecular complexity index is 1170. The van der Waals surface area contributed by atoms with E-state index in [-0.39, 0.29) is 42.0 Å². The quantitative estimate of drug-likeness (QED) is 0.417. The molecule has 1 heterocycles. The summed E-state index contributed by atoms with van der Waals surface area (Å²) in [7, 11) is -2.25. The number of anilines is 1. The smallest absolute Gasteiger partial charge is 0.305 e. The normalized spacial score (nSPS) is 13.9. The molecule has 1 saturated heterocycles. The zero-order chi connectivity index (χ0) is 26.8. The van der Waals surface area contributed by atoms with Crippen molar-refractivity contribution in [3.05, 3.63) is 53.8 Å². The molecular formula is C26H34FN3O6S. The molecule has 0 aliphatic carbocycles. The number of hydrogen-bond donors (Lipinski definition) is 1. The van der Waals surface area contributed by atoms with Crippen molar-refractivity contribution in [2.75, 3.05) is 51.3 Å². The number of methoxy groups -OCH3 is 1. The van der Waals surface area contributed by atoms with Crippen molar-refractivity contribution in [1.29, 1.82) is 0 Å². The van der Waals surface area contributed by atoms with E-state index in [9.17, 15) is 22.4 Å². The number of carbonyl (C=O) groups is 2. The van der Waals surface area contributed by atoms with Crippen molar-refractivity contribution in [3.8, 4) is 5.75 Å². The fourth-order valence-electron chi connectivity index (χ4n) is 4.12. The van der Waals surface area contributed by atoms with Crippen LogP contribution >= 0.6 is 0 Å². The van der Waals surface area contributed by atoms with E-state index in [1.165, 1.54) is 25.3 Å². The molecule has 0 atom stereocenters. The molecule has 0 spiro atoms. The van der Waals surface area contributed by atoms with E-state index in [0.29, 0.717) is 57.1 Å². The van der Waals surface area contributed by atoms with Gasteiger partial charge in [-0.2, -0.15) is 0 Å². The Morgan fingerprint density at radius 2 is 1.73 bits per heavy atom. The number of rotatable bonds is 12. The second-order valence-corrected chi connectivity index (χ2v) is 10.4. The standard InChI is InChI=1S/C26H34FN3O6S/c1-3-36-26(32)6-4-5-25(31)30-17-15-29(16-18-30)23-19-22(11-12-24(23)35-2)37(33,34)28-14-13-20-7-9-21(27)10-8-20/h7-12,19,28H,3-6,13-18H2,1-2H3. The second kappa shape index (κ2) is 13.4. The van der Waals surface area contributed by atoms with Crippen molar-refractivity contribution in [2.24, 2.45) is 0 Å². The highest BCUT2D eigenvalue weighted by Crippen LogP contribution is 2.32. The van der Waals surface area contributed by atoms with Gasteiger partial charge in [-0.1, -0.05) is 12.1 Å². The molecule has 0 aromatic heterocycles. The first-order valence-electron chi connectivity index (χ1n) is 12.3. The van der Waals surface area contributed by atoms with Crippen LogP contribution in [-0.4, -0.2) is 71.6 Å². The van der Waals surface area contributed by atoms with E-state index in [0.717, 1.165) is 5.56 Å². The minimum atomic E-state index is -3.78. The Hall–Kier alpha value is -3.18. The summed E-state index contributed by atoms with van der Waals surface area (Å²) < 4.78 is 51.9. The number of amides is 1. The predicted octanol–water partition coefficient (Wildman–Crippen LogP) is 2.74. The highest BCUT2D eigenvalue weighted by molar-refractivity contribution is 7.89. The number of piperazine rings is 1. The van der Waals surface area contributed by atoms with Crippen LogP contribution in [0, 0.1) is 5.82 Å². The molecule has 2 aromatic carbocycles. The molecule has 202 valence electrons. The largest absolute Gasteiger partial charge is 0.495 e. The number of benzene rings is 2. The van der Waals surface area contributed by atoms with Crippen LogP contribution in [0.2, 0.25) is 0 Å². The van der Waals surface area contributed by atoms with Crippen molar-refractivity contribution in [1.82, 2.24) is 9.62 Å². The van der Waals surface area contributed by atoms with Gasteiger partial charge >= 0.3 is 5.97 Å². The van der Waals surface area contributed by atoms with Gasteiger partial charge in [-0.3, -0.25) is 9.59 Å². The number of ether oxygens (including phenoxy) is 2. The predicted molar refractivity (Wildman–Crippen MR) is 138 cm³/mol. The van der Waals surface area contributed by atoms with Crippen molar-refractivity contribution in [3.63, 3.8) is 0 Å². The number of halogens is 1. The van der Waals surface area contributed by atoms with E-state index < -0.39 is 10.0 Å². The lowest BCUT2D eigenvalue weighted by Gasteiger charge is -2.36. The van der Waals surface area contributed by atoms with Crippen LogP contribution in [0.5, 0.6) is 5.75 Å². The minimum Gasteiger partial charge on any atom is -0.495 e. The number of nitrogens with one attached hydrogen (secondary N) is 1. The topological polar surface area (TPSA) is 105 Å². The molecule has 2 aromatic rings. The van der Waals surface area contributed by atoms with E-state index in [1.807, 2.05) is 4.90 Å². The van der Waals surface area contributed by atoms with E-state index in [2.05, 4.69) is 4.72 Å². The lowest BCUT2D eigenvalue weighted by atomic mass is 10.1. The van der Waals surface area contributed by atoms with Gasteiger partial charge in [0.25, 0.3) is 0 Å². The van der Waals surface area contributed by atoms with Crippen LogP contribution in [0.1, 0.15) is 31.7 Å². The maximum Gasteiger partial charge on any atom is 0.305 e. The highest BCUT2D eigenvalue weighted by Gasteiger charge is 2.25. The Morgan fingerprint density at radius 1 is 1.03 bits per heavy atom. The first-order valence-corrected chi connectivity index (χ1v) is 13.8. The lowest BCUT2D eigenvalue weighted by molar-refractivity contribution is -0.143. The molecule has 9 nitrogen and oxygen atoms in total. The summed E-state index contributed by atoms with van der Waals surface area (Å²) in [5, 5.41) is 0. The summed E-state index contributed by atoms with van der Waals surface area (Å²) in [5.74, 6) is -0.113. The fourth-order valence-corrected chi connectivity index (χ4v) is 5.17. The number of hydrogen-bond acceptors (Lipinski definition) is 7. The van der Waals surface area contributed by atoms with Gasteiger partial charge in [0, 0.05) is 45.6 Å². The molecule has 0 saturated carbocycles. The molecule has 0 bridgehead atoms. The summed E-state index contributed by atoms with van der Waals surface area (Å²) in [4.78, 5) is 27.9. The zero-order valence-corrected chi connectivity index (χ0v) is 22.1.